The van der Waals surface area contributed by atoms with Crippen LogP contribution in [0.3, 0.4) is 0 Å². The maximum absolute atomic E-state index is 12.7. The van der Waals surface area contributed by atoms with Crippen molar-refractivity contribution in [1.29, 1.82) is 0 Å². The van der Waals surface area contributed by atoms with Crippen molar-refractivity contribution in [3.8, 4) is 0 Å². The smallest absolute Gasteiger partial charge is 0.347 e. The fourth-order valence-corrected chi connectivity index (χ4v) is 2.59. The first kappa shape index (κ1) is 15.1. The molecule has 2 rings (SSSR count). The lowest BCUT2D eigenvalue weighted by Crippen LogP contribution is -2.24. The molecule has 0 bridgehead atoms. The van der Waals surface area contributed by atoms with Crippen molar-refractivity contribution in [3.63, 3.8) is 0 Å². The van der Waals surface area contributed by atoms with Crippen molar-refractivity contribution >= 4 is 23.2 Å². The Hall–Kier alpha value is -2.28. The van der Waals surface area contributed by atoms with E-state index in [4.69, 9.17) is 5.11 Å². The van der Waals surface area contributed by atoms with Crippen LogP contribution in [0.2, 0.25) is 0 Å². The van der Waals surface area contributed by atoms with E-state index in [1.54, 1.807) is 19.1 Å². The molecule has 2 aromatic rings. The molecule has 5 nitrogen and oxygen atoms in total. The number of nitrogens with zero attached hydrogens (tertiary/aromatic N) is 1. The highest BCUT2D eigenvalue weighted by molar-refractivity contribution is 7.13. The van der Waals surface area contributed by atoms with Gasteiger partial charge in [0.25, 0.3) is 0 Å². The van der Waals surface area contributed by atoms with Gasteiger partial charge in [-0.05, 0) is 24.6 Å². The maximum atomic E-state index is 12.7. The molecule has 110 valence electrons. The summed E-state index contributed by atoms with van der Waals surface area (Å²) in [5.74, 6) is -1.60. The van der Waals surface area contributed by atoms with Gasteiger partial charge >= 0.3 is 5.97 Å². The van der Waals surface area contributed by atoms with Crippen LogP contribution >= 0.6 is 11.3 Å². The number of carbonyl (C=O) groups excluding carboxylic acids is 1. The average molecular weight is 308 g/mol. The predicted octanol–water partition coefficient (Wildman–Crippen LogP) is 2.15. The number of carboxylic acid groups (broad SMARTS) is 1. The van der Waals surface area contributed by atoms with Gasteiger partial charge < -0.3 is 10.4 Å². The Morgan fingerprint density at radius 2 is 2.00 bits per heavy atom. The number of thiazole rings is 1. The van der Waals surface area contributed by atoms with Gasteiger partial charge in [-0.2, -0.15) is 0 Å². The zero-order valence-electron chi connectivity index (χ0n) is 11.2. The van der Waals surface area contributed by atoms with Crippen LogP contribution in [-0.2, 0) is 17.8 Å². The molecule has 0 spiro atoms. The van der Waals surface area contributed by atoms with Crippen LogP contribution in [0.1, 0.15) is 25.9 Å². The van der Waals surface area contributed by atoms with Crippen LogP contribution in [0, 0.1) is 12.7 Å². The number of nitrogens with one attached hydrogen (secondary N) is 1. The fourth-order valence-electron chi connectivity index (χ4n) is 1.75. The third kappa shape index (κ3) is 4.09. The molecule has 21 heavy (non-hydrogen) atoms. The van der Waals surface area contributed by atoms with Gasteiger partial charge in [0, 0.05) is 0 Å². The summed E-state index contributed by atoms with van der Waals surface area (Å²) in [6, 6.07) is 5.69. The van der Waals surface area contributed by atoms with Crippen molar-refractivity contribution < 1.29 is 19.1 Å². The maximum Gasteiger partial charge on any atom is 0.347 e. The number of carbonyl (C=O) groups is 2. The van der Waals surface area contributed by atoms with E-state index in [1.165, 1.54) is 12.1 Å². The first-order chi connectivity index (χ1) is 9.95. The molecule has 1 aromatic heterocycles. The molecule has 0 unspecified atom stereocenters. The summed E-state index contributed by atoms with van der Waals surface area (Å²) in [5.41, 5.74) is 1.14. The van der Waals surface area contributed by atoms with Gasteiger partial charge in [0.05, 0.1) is 18.7 Å². The minimum atomic E-state index is -1.02. The Labute approximate surface area is 124 Å². The van der Waals surface area contributed by atoms with Crippen molar-refractivity contribution in [2.24, 2.45) is 0 Å². The summed E-state index contributed by atoms with van der Waals surface area (Å²) in [4.78, 5) is 26.9. The van der Waals surface area contributed by atoms with Gasteiger partial charge in [-0.15, -0.1) is 11.3 Å². The lowest BCUT2D eigenvalue weighted by molar-refractivity contribution is -0.120. The average Bonchev–Trinajstić information content (AvgIpc) is 2.81. The standard InChI is InChI=1S/C14H13FN2O3S/c1-8-13(14(19)20)21-12(17-8)7-16-11(18)6-9-2-4-10(15)5-3-9/h2-5H,6-7H2,1H3,(H,16,18)(H,19,20). The van der Waals surface area contributed by atoms with Crippen LogP contribution in [0.15, 0.2) is 24.3 Å². The summed E-state index contributed by atoms with van der Waals surface area (Å²) in [7, 11) is 0. The summed E-state index contributed by atoms with van der Waals surface area (Å²) in [6.07, 6.45) is 0.135. The molecule has 0 saturated heterocycles. The molecule has 1 heterocycles. The Morgan fingerprint density at radius 3 is 2.57 bits per heavy atom. The third-order valence-corrected chi connectivity index (χ3v) is 3.90. The molecule has 2 N–H and O–H groups in total. The van der Waals surface area contributed by atoms with E-state index in [9.17, 15) is 14.0 Å². The number of hydrogen-bond donors (Lipinski definition) is 2. The lowest BCUT2D eigenvalue weighted by Gasteiger charge is -2.03. The van der Waals surface area contributed by atoms with Gasteiger partial charge in [-0.3, -0.25) is 4.79 Å². The Kier molecular flexibility index (Phi) is 4.64. The van der Waals surface area contributed by atoms with Crippen molar-refractivity contribution in [3.05, 3.63) is 51.2 Å². The van der Waals surface area contributed by atoms with Gasteiger partial charge in [0.15, 0.2) is 0 Å². The van der Waals surface area contributed by atoms with Crippen LogP contribution in [0.4, 0.5) is 4.39 Å². The van der Waals surface area contributed by atoms with Crippen LogP contribution in [-0.4, -0.2) is 22.0 Å². The predicted molar refractivity (Wildman–Crippen MR) is 75.8 cm³/mol. The van der Waals surface area contributed by atoms with Gasteiger partial charge in [0.1, 0.15) is 15.7 Å². The first-order valence-electron chi connectivity index (χ1n) is 6.16. The number of carboxylic acids is 1. The molecule has 0 aliphatic heterocycles. The van der Waals surface area contributed by atoms with Crippen molar-refractivity contribution in [1.82, 2.24) is 10.3 Å². The van der Waals surface area contributed by atoms with E-state index < -0.39 is 5.97 Å². The number of benzene rings is 1. The molecule has 7 heteroatoms. The van der Waals surface area contributed by atoms with Crippen LogP contribution in [0.5, 0.6) is 0 Å². The highest BCUT2D eigenvalue weighted by atomic mass is 32.1. The van der Waals surface area contributed by atoms with Crippen molar-refractivity contribution in [2.75, 3.05) is 0 Å². The van der Waals surface area contributed by atoms with E-state index in [2.05, 4.69) is 10.3 Å². The molecule has 1 aromatic carbocycles. The number of hydrogen-bond acceptors (Lipinski definition) is 4. The minimum absolute atomic E-state index is 0.135. The van der Waals surface area contributed by atoms with Crippen LogP contribution < -0.4 is 5.32 Å². The largest absolute Gasteiger partial charge is 0.477 e. The molecule has 0 atom stereocenters. The van der Waals surface area contributed by atoms with E-state index in [1.807, 2.05) is 0 Å². The highest BCUT2D eigenvalue weighted by Crippen LogP contribution is 2.17. The second-order valence-electron chi connectivity index (χ2n) is 4.41. The third-order valence-electron chi connectivity index (χ3n) is 2.75. The van der Waals surface area contributed by atoms with Gasteiger partial charge in [-0.25, -0.2) is 14.2 Å². The molecule has 0 fully saturated rings. The van der Waals surface area contributed by atoms with Gasteiger partial charge in [-0.1, -0.05) is 12.1 Å². The molecule has 0 aliphatic rings. The molecular formula is C14H13FN2O3S. The van der Waals surface area contributed by atoms with E-state index >= 15 is 0 Å². The van der Waals surface area contributed by atoms with Crippen LogP contribution in [0.25, 0.3) is 0 Å². The number of rotatable bonds is 5. The van der Waals surface area contributed by atoms with E-state index in [-0.39, 0.29) is 29.6 Å². The first-order valence-corrected chi connectivity index (χ1v) is 6.98. The Balaban J connectivity index is 1.90. The Morgan fingerprint density at radius 1 is 1.33 bits per heavy atom. The highest BCUT2D eigenvalue weighted by Gasteiger charge is 2.14. The Bertz CT molecular complexity index is 667. The zero-order chi connectivity index (χ0) is 15.4. The van der Waals surface area contributed by atoms with E-state index in [0.29, 0.717) is 16.3 Å². The number of aryl methyl sites for hydroxylation is 1. The second kappa shape index (κ2) is 6.45. The lowest BCUT2D eigenvalue weighted by atomic mass is 10.1. The molecule has 0 radical (unpaired) electrons. The monoisotopic (exact) mass is 308 g/mol. The molecule has 0 saturated carbocycles. The number of aromatic nitrogens is 1. The SMILES string of the molecule is Cc1nc(CNC(=O)Cc2ccc(F)cc2)sc1C(=O)O. The minimum Gasteiger partial charge on any atom is -0.477 e. The topological polar surface area (TPSA) is 79.3 Å². The normalized spacial score (nSPS) is 10.4. The van der Waals surface area contributed by atoms with Crippen molar-refractivity contribution in [2.45, 2.75) is 19.9 Å². The number of aromatic carboxylic acids is 1. The number of amides is 1. The summed E-state index contributed by atoms with van der Waals surface area (Å²) in [6.45, 7) is 1.79. The molecule has 0 aliphatic carbocycles. The summed E-state index contributed by atoms with van der Waals surface area (Å²) >= 11 is 1.04. The zero-order valence-corrected chi connectivity index (χ0v) is 12.0. The summed E-state index contributed by atoms with van der Waals surface area (Å²) in [5, 5.41) is 12.1. The molecular weight excluding hydrogens is 295 g/mol. The van der Waals surface area contributed by atoms with E-state index in [0.717, 1.165) is 11.3 Å². The molecule has 1 amide bonds. The quantitative estimate of drug-likeness (QED) is 0.887. The number of halogens is 1. The van der Waals surface area contributed by atoms with Gasteiger partial charge in [0.2, 0.25) is 5.91 Å². The second-order valence-corrected chi connectivity index (χ2v) is 5.49. The summed E-state index contributed by atoms with van der Waals surface area (Å²) < 4.78 is 12.7. The fraction of sp³-hybridized carbons (Fsp3) is 0.214.